The molecule has 118 valence electrons. The molecule has 0 saturated carbocycles. The zero-order valence-electron chi connectivity index (χ0n) is 12.9. The molecule has 1 aromatic carbocycles. The highest BCUT2D eigenvalue weighted by Crippen LogP contribution is 2.37. The fourth-order valence-electron chi connectivity index (χ4n) is 2.70. The summed E-state index contributed by atoms with van der Waals surface area (Å²) >= 11 is 0. The molecule has 0 unspecified atom stereocenters. The molecule has 0 radical (unpaired) electrons. The average Bonchev–Trinajstić information content (AvgIpc) is 2.86. The summed E-state index contributed by atoms with van der Waals surface area (Å²) in [6, 6.07) is 8.28. The van der Waals surface area contributed by atoms with Crippen molar-refractivity contribution in [2.24, 2.45) is 5.10 Å². The van der Waals surface area contributed by atoms with E-state index >= 15 is 0 Å². The van der Waals surface area contributed by atoms with Crippen LogP contribution in [0.5, 0.6) is 5.75 Å². The third kappa shape index (κ3) is 2.47. The van der Waals surface area contributed by atoms with Crippen molar-refractivity contribution in [2.75, 3.05) is 0 Å². The standard InChI is InChI=1S/C17H17N3O3/c1-11-5-3-7-14(15(11)21)16(22)20-17(23,9-12(2)19-20)13-6-4-8-18-10-13/h3-8,10,21,23H,9H2,1-2H3/t17-/m0/s1. The summed E-state index contributed by atoms with van der Waals surface area (Å²) in [4.78, 5) is 16.8. The monoisotopic (exact) mass is 311 g/mol. The Bertz CT molecular complexity index is 789. The van der Waals surface area contributed by atoms with Gasteiger partial charge in [-0.05, 0) is 31.5 Å². The van der Waals surface area contributed by atoms with Crippen LogP contribution in [0.1, 0.15) is 34.8 Å². The van der Waals surface area contributed by atoms with Gasteiger partial charge in [-0.1, -0.05) is 18.2 Å². The van der Waals surface area contributed by atoms with Crippen molar-refractivity contribution in [3.05, 3.63) is 59.4 Å². The Morgan fingerprint density at radius 1 is 1.26 bits per heavy atom. The summed E-state index contributed by atoms with van der Waals surface area (Å²) in [7, 11) is 0. The predicted octanol–water partition coefficient (Wildman–Crippen LogP) is 2.16. The van der Waals surface area contributed by atoms with Crippen LogP contribution in [-0.2, 0) is 5.72 Å². The molecule has 0 saturated heterocycles. The average molecular weight is 311 g/mol. The Morgan fingerprint density at radius 3 is 2.74 bits per heavy atom. The van der Waals surface area contributed by atoms with E-state index in [0.717, 1.165) is 5.01 Å². The Balaban J connectivity index is 2.06. The smallest absolute Gasteiger partial charge is 0.280 e. The molecule has 0 aliphatic carbocycles. The van der Waals surface area contributed by atoms with Crippen LogP contribution in [0.2, 0.25) is 0 Å². The maximum Gasteiger partial charge on any atom is 0.280 e. The van der Waals surface area contributed by atoms with Crippen LogP contribution >= 0.6 is 0 Å². The quantitative estimate of drug-likeness (QED) is 0.890. The van der Waals surface area contributed by atoms with E-state index in [1.165, 1.54) is 12.3 Å². The van der Waals surface area contributed by atoms with E-state index < -0.39 is 11.6 Å². The van der Waals surface area contributed by atoms with Gasteiger partial charge in [0, 0.05) is 30.1 Å². The summed E-state index contributed by atoms with van der Waals surface area (Å²) in [5.41, 5.74) is 0.176. The van der Waals surface area contributed by atoms with Gasteiger partial charge in [0.15, 0.2) is 5.72 Å². The van der Waals surface area contributed by atoms with Crippen LogP contribution in [0.3, 0.4) is 0 Å². The number of rotatable bonds is 2. The van der Waals surface area contributed by atoms with Crippen LogP contribution < -0.4 is 0 Å². The lowest BCUT2D eigenvalue weighted by molar-refractivity contribution is -0.0768. The minimum atomic E-state index is -1.61. The van der Waals surface area contributed by atoms with E-state index in [9.17, 15) is 15.0 Å². The van der Waals surface area contributed by atoms with Crippen molar-refractivity contribution in [2.45, 2.75) is 26.0 Å². The lowest BCUT2D eigenvalue weighted by Crippen LogP contribution is -2.43. The topological polar surface area (TPSA) is 86.0 Å². The molecule has 1 aliphatic rings. The van der Waals surface area contributed by atoms with E-state index in [1.54, 1.807) is 44.3 Å². The minimum absolute atomic E-state index is 0.103. The molecule has 2 heterocycles. The maximum absolute atomic E-state index is 12.8. The summed E-state index contributed by atoms with van der Waals surface area (Å²) in [5.74, 6) is -0.666. The van der Waals surface area contributed by atoms with E-state index in [0.29, 0.717) is 16.8 Å². The number of phenolic OH excluding ortho intramolecular Hbond substituents is 1. The number of aromatic hydroxyl groups is 1. The molecule has 3 rings (SSSR count). The van der Waals surface area contributed by atoms with E-state index in [2.05, 4.69) is 10.1 Å². The molecule has 1 aromatic heterocycles. The molecule has 0 spiro atoms. The van der Waals surface area contributed by atoms with Crippen molar-refractivity contribution in [3.63, 3.8) is 0 Å². The number of aryl methyl sites for hydroxylation is 1. The molecular formula is C17H17N3O3. The summed E-state index contributed by atoms with van der Waals surface area (Å²) in [5, 5.41) is 26.4. The number of amides is 1. The van der Waals surface area contributed by atoms with Crippen molar-refractivity contribution in [1.29, 1.82) is 0 Å². The summed E-state index contributed by atoms with van der Waals surface area (Å²) in [6.07, 6.45) is 3.29. The van der Waals surface area contributed by atoms with Gasteiger partial charge in [-0.25, -0.2) is 0 Å². The second-order valence-electron chi connectivity index (χ2n) is 5.66. The number of hydrazone groups is 1. The first-order valence-corrected chi connectivity index (χ1v) is 7.23. The molecule has 6 heteroatoms. The highest BCUT2D eigenvalue weighted by Gasteiger charge is 2.45. The Hall–Kier alpha value is -2.73. The minimum Gasteiger partial charge on any atom is -0.507 e. The van der Waals surface area contributed by atoms with Crippen LogP contribution in [0.15, 0.2) is 47.8 Å². The normalized spacial score (nSPS) is 20.5. The molecule has 0 bridgehead atoms. The number of carbonyl (C=O) groups excluding carboxylic acids is 1. The molecule has 2 N–H and O–H groups in total. The second kappa shape index (κ2) is 5.48. The van der Waals surface area contributed by atoms with Gasteiger partial charge >= 0.3 is 0 Å². The highest BCUT2D eigenvalue weighted by molar-refractivity contribution is 6.00. The second-order valence-corrected chi connectivity index (χ2v) is 5.66. The number of pyridine rings is 1. The van der Waals surface area contributed by atoms with Crippen molar-refractivity contribution in [1.82, 2.24) is 9.99 Å². The number of aliphatic hydroxyl groups is 1. The van der Waals surface area contributed by atoms with Gasteiger partial charge in [0.1, 0.15) is 5.75 Å². The first-order chi connectivity index (χ1) is 10.9. The number of nitrogens with zero attached hydrogens (tertiary/aromatic N) is 3. The van der Waals surface area contributed by atoms with Gasteiger partial charge in [0.05, 0.1) is 5.56 Å². The number of hydrogen-bond acceptors (Lipinski definition) is 5. The van der Waals surface area contributed by atoms with Gasteiger partial charge in [0.25, 0.3) is 5.91 Å². The fourth-order valence-corrected chi connectivity index (χ4v) is 2.70. The van der Waals surface area contributed by atoms with Gasteiger partial charge < -0.3 is 10.2 Å². The predicted molar refractivity (Wildman–Crippen MR) is 84.9 cm³/mol. The van der Waals surface area contributed by atoms with Crippen LogP contribution in [-0.4, -0.2) is 31.8 Å². The molecule has 1 aliphatic heterocycles. The number of benzene rings is 1. The molecule has 1 atom stereocenters. The molecule has 1 amide bonds. The first kappa shape index (κ1) is 15.2. The van der Waals surface area contributed by atoms with E-state index in [1.807, 2.05) is 0 Å². The summed E-state index contributed by atoms with van der Waals surface area (Å²) < 4.78 is 0. The number of phenols is 1. The van der Waals surface area contributed by atoms with E-state index in [4.69, 9.17) is 0 Å². The maximum atomic E-state index is 12.8. The highest BCUT2D eigenvalue weighted by atomic mass is 16.3. The molecular weight excluding hydrogens is 294 g/mol. The van der Waals surface area contributed by atoms with Gasteiger partial charge in [0.2, 0.25) is 0 Å². The first-order valence-electron chi connectivity index (χ1n) is 7.23. The van der Waals surface area contributed by atoms with Gasteiger partial charge in [-0.3, -0.25) is 9.78 Å². The Morgan fingerprint density at radius 2 is 2.04 bits per heavy atom. The third-order valence-corrected chi connectivity index (χ3v) is 3.91. The fraction of sp³-hybridized carbons (Fsp3) is 0.235. The van der Waals surface area contributed by atoms with Crippen molar-refractivity contribution < 1.29 is 15.0 Å². The molecule has 0 fully saturated rings. The molecule has 23 heavy (non-hydrogen) atoms. The zero-order valence-corrected chi connectivity index (χ0v) is 12.9. The van der Waals surface area contributed by atoms with Gasteiger partial charge in [-0.2, -0.15) is 10.1 Å². The van der Waals surface area contributed by atoms with Crippen LogP contribution in [0, 0.1) is 6.92 Å². The van der Waals surface area contributed by atoms with Crippen LogP contribution in [0.25, 0.3) is 0 Å². The lowest BCUT2D eigenvalue weighted by Gasteiger charge is -2.31. The largest absolute Gasteiger partial charge is 0.507 e. The number of hydrogen-bond donors (Lipinski definition) is 2. The van der Waals surface area contributed by atoms with Crippen LogP contribution in [0.4, 0.5) is 0 Å². The Labute approximate surface area is 133 Å². The van der Waals surface area contributed by atoms with Crippen molar-refractivity contribution in [3.8, 4) is 5.75 Å². The number of carbonyl (C=O) groups is 1. The summed E-state index contributed by atoms with van der Waals surface area (Å²) in [6.45, 7) is 3.45. The van der Waals surface area contributed by atoms with Crippen molar-refractivity contribution >= 4 is 11.6 Å². The lowest BCUT2D eigenvalue weighted by atomic mass is 9.98. The Kier molecular flexibility index (Phi) is 3.61. The van der Waals surface area contributed by atoms with E-state index in [-0.39, 0.29) is 17.7 Å². The zero-order chi connectivity index (χ0) is 16.6. The third-order valence-electron chi connectivity index (χ3n) is 3.91. The SMILES string of the molecule is CC1=NN(C(=O)c2cccc(C)c2O)[C@@](O)(c2cccnc2)C1. The molecule has 6 nitrogen and oxygen atoms in total. The number of aromatic nitrogens is 1. The molecule has 2 aromatic rings. The van der Waals surface area contributed by atoms with Gasteiger partial charge in [-0.15, -0.1) is 0 Å². The number of para-hydroxylation sites is 1.